The summed E-state index contributed by atoms with van der Waals surface area (Å²) in [6.45, 7) is 1.96. The fraction of sp³-hybridized carbons (Fsp3) is 0.304. The smallest absolute Gasteiger partial charge is 0.306 e. The van der Waals surface area contributed by atoms with Gasteiger partial charge < -0.3 is 10.4 Å². The highest BCUT2D eigenvalue weighted by atomic mass is 16.4. The molecule has 33 heavy (non-hydrogen) atoms. The maximum atomic E-state index is 13.1. The molecular weight excluding hydrogens is 422 g/mol. The number of fused-ring (bicyclic) bond motifs is 1. The van der Waals surface area contributed by atoms with Crippen LogP contribution in [0.1, 0.15) is 47.6 Å². The average Bonchev–Trinajstić information content (AvgIpc) is 3.44. The Kier molecular flexibility index (Phi) is 5.33. The standard InChI is InChI=1S/C23H23N7O3/c1-14-3-8-18(25-11-14)20-19(13-30(28-20)16-6-4-15(5-7-16)23(32)33)27-22(31)17-12-26-29-10-2-9-24-21(17)29/h2-3,8-13,15-16H,4-7H2,1H3,(H,27,31)(H,32,33). The number of amides is 1. The van der Waals surface area contributed by atoms with E-state index < -0.39 is 5.97 Å². The number of nitrogens with one attached hydrogen (secondary N) is 1. The highest BCUT2D eigenvalue weighted by Gasteiger charge is 2.28. The number of pyridine rings is 1. The maximum absolute atomic E-state index is 13.1. The molecule has 1 fully saturated rings. The van der Waals surface area contributed by atoms with Crippen molar-refractivity contribution in [2.45, 2.75) is 38.6 Å². The Morgan fingerprint density at radius 3 is 2.67 bits per heavy atom. The quantitative estimate of drug-likeness (QED) is 0.482. The zero-order chi connectivity index (χ0) is 22.9. The molecule has 0 aliphatic heterocycles. The number of hydrogen-bond acceptors (Lipinski definition) is 6. The summed E-state index contributed by atoms with van der Waals surface area (Å²) in [5, 5.41) is 21.2. The van der Waals surface area contributed by atoms with E-state index in [1.807, 2.05) is 23.7 Å². The zero-order valence-electron chi connectivity index (χ0n) is 18.0. The number of aromatic nitrogens is 6. The molecule has 0 atom stereocenters. The summed E-state index contributed by atoms with van der Waals surface area (Å²) in [6, 6.07) is 5.62. The van der Waals surface area contributed by atoms with Crippen LogP contribution < -0.4 is 5.32 Å². The molecule has 10 heteroatoms. The molecular formula is C23H23N7O3. The third-order valence-corrected chi connectivity index (χ3v) is 6.08. The number of aryl methyl sites for hydroxylation is 1. The number of nitrogens with zero attached hydrogens (tertiary/aromatic N) is 6. The molecule has 1 saturated carbocycles. The molecule has 0 saturated heterocycles. The van der Waals surface area contributed by atoms with E-state index in [1.165, 1.54) is 6.20 Å². The highest BCUT2D eigenvalue weighted by Crippen LogP contribution is 2.35. The first-order valence-electron chi connectivity index (χ1n) is 10.8. The van der Waals surface area contributed by atoms with Crippen LogP contribution in [0.4, 0.5) is 5.69 Å². The third kappa shape index (κ3) is 4.07. The Balaban J connectivity index is 1.46. The van der Waals surface area contributed by atoms with Gasteiger partial charge in [0.1, 0.15) is 11.3 Å². The Labute approximate surface area is 189 Å². The van der Waals surface area contributed by atoms with Crippen molar-refractivity contribution in [2.75, 3.05) is 5.32 Å². The van der Waals surface area contributed by atoms with Crippen LogP contribution in [-0.4, -0.2) is 46.3 Å². The van der Waals surface area contributed by atoms with Crippen LogP contribution in [0.25, 0.3) is 17.0 Å². The lowest BCUT2D eigenvalue weighted by Crippen LogP contribution is -2.23. The molecule has 0 spiro atoms. The second kappa shape index (κ2) is 8.45. The normalized spacial score (nSPS) is 18.3. The Morgan fingerprint density at radius 1 is 1.12 bits per heavy atom. The van der Waals surface area contributed by atoms with Crippen molar-refractivity contribution in [3.05, 3.63) is 60.3 Å². The second-order valence-corrected chi connectivity index (χ2v) is 8.34. The highest BCUT2D eigenvalue weighted by molar-refractivity contribution is 6.09. The SMILES string of the molecule is Cc1ccc(-c2nn(C3CCC(C(=O)O)CC3)cc2NC(=O)c2cnn3cccnc23)nc1. The number of carbonyl (C=O) groups is 2. The van der Waals surface area contributed by atoms with Crippen molar-refractivity contribution < 1.29 is 14.7 Å². The number of carboxylic acid groups (broad SMARTS) is 1. The fourth-order valence-corrected chi connectivity index (χ4v) is 4.23. The van der Waals surface area contributed by atoms with Gasteiger partial charge in [-0.3, -0.25) is 19.3 Å². The van der Waals surface area contributed by atoms with Crippen molar-refractivity contribution in [3.8, 4) is 11.4 Å². The van der Waals surface area contributed by atoms with E-state index in [1.54, 1.807) is 35.4 Å². The third-order valence-electron chi connectivity index (χ3n) is 6.08. The molecule has 168 valence electrons. The fourth-order valence-electron chi connectivity index (χ4n) is 4.23. The van der Waals surface area contributed by atoms with Crippen molar-refractivity contribution in [3.63, 3.8) is 0 Å². The largest absolute Gasteiger partial charge is 0.481 e. The molecule has 4 aromatic rings. The molecule has 0 aromatic carbocycles. The van der Waals surface area contributed by atoms with Crippen molar-refractivity contribution in [1.29, 1.82) is 0 Å². The first-order chi connectivity index (χ1) is 16.0. The molecule has 0 bridgehead atoms. The van der Waals surface area contributed by atoms with Gasteiger partial charge in [0.25, 0.3) is 5.91 Å². The van der Waals surface area contributed by atoms with Gasteiger partial charge in [0, 0.05) is 24.8 Å². The summed E-state index contributed by atoms with van der Waals surface area (Å²) in [4.78, 5) is 33.2. The number of rotatable bonds is 5. The van der Waals surface area contributed by atoms with Crippen LogP contribution in [-0.2, 0) is 4.79 Å². The molecule has 1 aliphatic rings. The molecule has 1 amide bonds. The summed E-state index contributed by atoms with van der Waals surface area (Å²) in [6.07, 6.45) is 11.0. The van der Waals surface area contributed by atoms with E-state index >= 15 is 0 Å². The summed E-state index contributed by atoms with van der Waals surface area (Å²) in [5.41, 5.74) is 3.58. The van der Waals surface area contributed by atoms with Gasteiger partial charge in [-0.1, -0.05) is 6.07 Å². The number of carbonyl (C=O) groups excluding carboxylic acids is 1. The number of hydrogen-bond donors (Lipinski definition) is 2. The topological polar surface area (TPSA) is 127 Å². The van der Waals surface area contributed by atoms with Crippen LogP contribution >= 0.6 is 0 Å². The minimum Gasteiger partial charge on any atom is -0.481 e. The van der Waals surface area contributed by atoms with E-state index in [0.29, 0.717) is 54.0 Å². The van der Waals surface area contributed by atoms with Gasteiger partial charge in [-0.15, -0.1) is 0 Å². The molecule has 10 nitrogen and oxygen atoms in total. The van der Waals surface area contributed by atoms with Gasteiger partial charge in [-0.05, 0) is 50.3 Å². The second-order valence-electron chi connectivity index (χ2n) is 8.34. The molecule has 0 radical (unpaired) electrons. The minimum absolute atomic E-state index is 0.0640. The molecule has 2 N–H and O–H groups in total. The summed E-state index contributed by atoms with van der Waals surface area (Å²) in [7, 11) is 0. The van der Waals surface area contributed by atoms with Crippen molar-refractivity contribution in [2.24, 2.45) is 5.92 Å². The predicted octanol–water partition coefficient (Wildman–Crippen LogP) is 3.36. The lowest BCUT2D eigenvalue weighted by molar-refractivity contribution is -0.143. The molecule has 4 aromatic heterocycles. The van der Waals surface area contributed by atoms with Gasteiger partial charge in [0.2, 0.25) is 0 Å². The summed E-state index contributed by atoms with van der Waals surface area (Å²) in [5.74, 6) is -1.39. The van der Waals surface area contributed by atoms with Crippen molar-refractivity contribution in [1.82, 2.24) is 29.4 Å². The molecule has 1 aliphatic carbocycles. The number of carboxylic acids is 1. The Morgan fingerprint density at radius 2 is 1.94 bits per heavy atom. The monoisotopic (exact) mass is 445 g/mol. The van der Waals surface area contributed by atoms with Gasteiger partial charge in [-0.2, -0.15) is 10.2 Å². The molecule has 0 unspecified atom stereocenters. The van der Waals surface area contributed by atoms with Gasteiger partial charge >= 0.3 is 5.97 Å². The first-order valence-corrected chi connectivity index (χ1v) is 10.8. The average molecular weight is 445 g/mol. The van der Waals surface area contributed by atoms with Crippen LogP contribution in [0.15, 0.2) is 49.2 Å². The Bertz CT molecular complexity index is 1320. The van der Waals surface area contributed by atoms with Crippen molar-refractivity contribution >= 4 is 23.2 Å². The van der Waals surface area contributed by atoms with Gasteiger partial charge in [0.15, 0.2) is 5.65 Å². The molecule has 5 rings (SSSR count). The van der Waals surface area contributed by atoms with E-state index in [4.69, 9.17) is 5.10 Å². The summed E-state index contributed by atoms with van der Waals surface area (Å²) >= 11 is 0. The maximum Gasteiger partial charge on any atom is 0.306 e. The van der Waals surface area contributed by atoms with E-state index in [0.717, 1.165) is 5.56 Å². The van der Waals surface area contributed by atoms with Crippen LogP contribution in [0.5, 0.6) is 0 Å². The minimum atomic E-state index is -0.742. The lowest BCUT2D eigenvalue weighted by Gasteiger charge is -2.26. The van der Waals surface area contributed by atoms with Gasteiger partial charge in [0.05, 0.1) is 29.5 Å². The van der Waals surface area contributed by atoms with Crippen LogP contribution in [0, 0.1) is 12.8 Å². The Hall–Kier alpha value is -4.08. The van der Waals surface area contributed by atoms with E-state index in [2.05, 4.69) is 20.4 Å². The van der Waals surface area contributed by atoms with Crippen LogP contribution in [0.3, 0.4) is 0 Å². The molecule has 4 heterocycles. The first kappa shape index (κ1) is 20.8. The predicted molar refractivity (Wildman–Crippen MR) is 120 cm³/mol. The zero-order valence-corrected chi connectivity index (χ0v) is 18.0. The van der Waals surface area contributed by atoms with E-state index in [-0.39, 0.29) is 17.9 Å². The number of anilines is 1. The lowest BCUT2D eigenvalue weighted by atomic mass is 9.86. The number of aliphatic carboxylic acids is 1. The summed E-state index contributed by atoms with van der Waals surface area (Å²) < 4.78 is 3.38. The van der Waals surface area contributed by atoms with Crippen LogP contribution in [0.2, 0.25) is 0 Å². The van der Waals surface area contributed by atoms with Gasteiger partial charge in [-0.25, -0.2) is 9.50 Å². The van der Waals surface area contributed by atoms with E-state index in [9.17, 15) is 14.7 Å².